The lowest BCUT2D eigenvalue weighted by Gasteiger charge is -2.18. The van der Waals surface area contributed by atoms with Crippen LogP contribution in [0.25, 0.3) is 0 Å². The highest BCUT2D eigenvalue weighted by molar-refractivity contribution is 5.19. The molecule has 1 rings (SSSR count). The average Bonchev–Trinajstić information content (AvgIpc) is 2.24. The predicted octanol–water partition coefficient (Wildman–Crippen LogP) is 3.91. The van der Waals surface area contributed by atoms with E-state index in [4.69, 9.17) is 0 Å². The van der Waals surface area contributed by atoms with Crippen molar-refractivity contribution >= 4 is 0 Å². The average molecular weight is 223 g/mol. The number of hydrogen-bond acceptors (Lipinski definition) is 1. The first kappa shape index (κ1) is 13.2. The summed E-state index contributed by atoms with van der Waals surface area (Å²) in [4.78, 5) is 0. The van der Waals surface area contributed by atoms with Crippen LogP contribution in [0.1, 0.15) is 45.2 Å². The summed E-state index contributed by atoms with van der Waals surface area (Å²) in [5, 5.41) is 3.48. The van der Waals surface area contributed by atoms with E-state index in [9.17, 15) is 4.39 Å². The summed E-state index contributed by atoms with van der Waals surface area (Å²) in [6, 6.07) is 7.15. The smallest absolute Gasteiger partial charge is 0.123 e. The van der Waals surface area contributed by atoms with Crippen LogP contribution in [0.2, 0.25) is 0 Å². The largest absolute Gasteiger partial charge is 0.310 e. The van der Waals surface area contributed by atoms with Gasteiger partial charge in [0, 0.05) is 6.04 Å². The molecule has 0 fully saturated rings. The minimum absolute atomic E-state index is 0.151. The van der Waals surface area contributed by atoms with Gasteiger partial charge < -0.3 is 5.32 Å². The van der Waals surface area contributed by atoms with Crippen molar-refractivity contribution in [3.8, 4) is 0 Å². The molecule has 1 aromatic carbocycles. The van der Waals surface area contributed by atoms with Gasteiger partial charge in [0.2, 0.25) is 0 Å². The molecular weight excluding hydrogens is 201 g/mol. The molecule has 0 radical (unpaired) electrons. The highest BCUT2D eigenvalue weighted by Gasteiger charge is 2.08. The van der Waals surface area contributed by atoms with Gasteiger partial charge in [0.25, 0.3) is 0 Å². The van der Waals surface area contributed by atoms with Crippen molar-refractivity contribution in [2.45, 2.75) is 39.7 Å². The van der Waals surface area contributed by atoms with Gasteiger partial charge in [-0.25, -0.2) is 4.39 Å². The second-order valence-corrected chi connectivity index (χ2v) is 4.65. The third-order valence-electron chi connectivity index (χ3n) is 2.77. The number of hydrogen-bond donors (Lipinski definition) is 1. The lowest BCUT2D eigenvalue weighted by atomic mass is 10.0. The van der Waals surface area contributed by atoms with Gasteiger partial charge in [0.1, 0.15) is 5.82 Å². The summed E-state index contributed by atoms with van der Waals surface area (Å²) >= 11 is 0. The third-order valence-corrected chi connectivity index (χ3v) is 2.77. The van der Waals surface area contributed by atoms with E-state index in [-0.39, 0.29) is 11.9 Å². The fourth-order valence-electron chi connectivity index (χ4n) is 1.77. The molecule has 1 N–H and O–H groups in total. The minimum Gasteiger partial charge on any atom is -0.310 e. The normalized spacial score (nSPS) is 13.1. The fraction of sp³-hybridized carbons (Fsp3) is 0.571. The molecule has 1 nitrogen and oxygen atoms in total. The Morgan fingerprint density at radius 3 is 2.62 bits per heavy atom. The zero-order chi connectivity index (χ0) is 12.0. The molecule has 0 spiro atoms. The molecule has 0 amide bonds. The molecule has 0 aromatic heterocycles. The first-order chi connectivity index (χ1) is 7.63. The van der Waals surface area contributed by atoms with Gasteiger partial charge in [-0.3, -0.25) is 0 Å². The van der Waals surface area contributed by atoms with Crippen LogP contribution in [0.4, 0.5) is 4.39 Å². The van der Waals surface area contributed by atoms with Gasteiger partial charge in [-0.2, -0.15) is 0 Å². The van der Waals surface area contributed by atoms with Gasteiger partial charge in [-0.1, -0.05) is 32.9 Å². The van der Waals surface area contributed by atoms with Gasteiger partial charge in [-0.15, -0.1) is 0 Å². The maximum absolute atomic E-state index is 13.1. The van der Waals surface area contributed by atoms with E-state index in [1.807, 2.05) is 6.07 Å². The van der Waals surface area contributed by atoms with Crippen LogP contribution >= 0.6 is 0 Å². The molecule has 0 aliphatic heterocycles. The lowest BCUT2D eigenvalue weighted by Crippen LogP contribution is -2.22. The van der Waals surface area contributed by atoms with Crippen LogP contribution in [0.3, 0.4) is 0 Å². The summed E-state index contributed by atoms with van der Waals surface area (Å²) in [6.07, 6.45) is 2.15. The molecule has 1 unspecified atom stereocenters. The number of rotatable bonds is 6. The maximum Gasteiger partial charge on any atom is 0.123 e. The number of halogens is 1. The van der Waals surface area contributed by atoms with Crippen LogP contribution in [0.15, 0.2) is 24.3 Å². The Bertz CT molecular complexity index is 309. The Labute approximate surface area is 98.1 Å². The molecule has 0 aliphatic carbocycles. The van der Waals surface area contributed by atoms with Crippen LogP contribution in [-0.4, -0.2) is 6.54 Å². The van der Waals surface area contributed by atoms with Crippen molar-refractivity contribution in [3.05, 3.63) is 35.6 Å². The van der Waals surface area contributed by atoms with E-state index in [1.54, 1.807) is 12.1 Å². The van der Waals surface area contributed by atoms with E-state index in [2.05, 4.69) is 26.1 Å². The van der Waals surface area contributed by atoms with Gasteiger partial charge in [-0.05, 0) is 43.0 Å². The highest BCUT2D eigenvalue weighted by atomic mass is 19.1. The molecule has 16 heavy (non-hydrogen) atoms. The van der Waals surface area contributed by atoms with Crippen molar-refractivity contribution in [1.82, 2.24) is 5.32 Å². The molecule has 0 saturated carbocycles. The zero-order valence-electron chi connectivity index (χ0n) is 10.5. The SMILES string of the molecule is CCC(NCCC(C)C)c1cccc(F)c1. The van der Waals surface area contributed by atoms with Crippen LogP contribution in [-0.2, 0) is 0 Å². The molecule has 0 heterocycles. The fourth-order valence-corrected chi connectivity index (χ4v) is 1.77. The first-order valence-electron chi connectivity index (χ1n) is 6.12. The predicted molar refractivity (Wildman–Crippen MR) is 66.9 cm³/mol. The molecule has 90 valence electrons. The second-order valence-electron chi connectivity index (χ2n) is 4.65. The topological polar surface area (TPSA) is 12.0 Å². The standard InChI is InChI=1S/C14H22FN/c1-4-14(16-9-8-11(2)3)12-6-5-7-13(15)10-12/h5-7,10-11,14,16H,4,8-9H2,1-3H3. The zero-order valence-corrected chi connectivity index (χ0v) is 10.5. The molecule has 0 bridgehead atoms. The Morgan fingerprint density at radius 1 is 1.31 bits per heavy atom. The minimum atomic E-state index is -0.151. The van der Waals surface area contributed by atoms with E-state index in [0.29, 0.717) is 5.92 Å². The number of benzene rings is 1. The maximum atomic E-state index is 13.1. The Morgan fingerprint density at radius 2 is 2.06 bits per heavy atom. The van der Waals surface area contributed by atoms with E-state index in [1.165, 1.54) is 6.07 Å². The highest BCUT2D eigenvalue weighted by Crippen LogP contribution is 2.17. The third kappa shape index (κ3) is 4.31. The molecule has 0 aliphatic rings. The molecule has 1 atom stereocenters. The monoisotopic (exact) mass is 223 g/mol. The first-order valence-corrected chi connectivity index (χ1v) is 6.12. The van der Waals surface area contributed by atoms with Crippen molar-refractivity contribution < 1.29 is 4.39 Å². The summed E-state index contributed by atoms with van der Waals surface area (Å²) < 4.78 is 13.1. The van der Waals surface area contributed by atoms with Crippen molar-refractivity contribution in [2.75, 3.05) is 6.54 Å². The van der Waals surface area contributed by atoms with E-state index < -0.39 is 0 Å². The molecule has 0 saturated heterocycles. The molecular formula is C14H22FN. The van der Waals surface area contributed by atoms with Gasteiger partial charge >= 0.3 is 0 Å². The summed E-state index contributed by atoms with van der Waals surface area (Å²) in [5.74, 6) is 0.555. The number of nitrogens with one attached hydrogen (secondary N) is 1. The van der Waals surface area contributed by atoms with E-state index in [0.717, 1.165) is 24.9 Å². The Hall–Kier alpha value is -0.890. The Balaban J connectivity index is 2.53. The summed E-state index contributed by atoms with van der Waals surface area (Å²) in [7, 11) is 0. The van der Waals surface area contributed by atoms with Crippen molar-refractivity contribution in [1.29, 1.82) is 0 Å². The quantitative estimate of drug-likeness (QED) is 0.771. The van der Waals surface area contributed by atoms with Crippen LogP contribution in [0, 0.1) is 11.7 Å². The summed E-state index contributed by atoms with van der Waals surface area (Å²) in [5.41, 5.74) is 1.05. The summed E-state index contributed by atoms with van der Waals surface area (Å²) in [6.45, 7) is 7.54. The van der Waals surface area contributed by atoms with Crippen LogP contribution < -0.4 is 5.32 Å². The molecule has 1 aromatic rings. The van der Waals surface area contributed by atoms with Gasteiger partial charge in [0.05, 0.1) is 0 Å². The second kappa shape index (κ2) is 6.64. The van der Waals surface area contributed by atoms with Crippen molar-refractivity contribution in [2.24, 2.45) is 5.92 Å². The Kier molecular flexibility index (Phi) is 5.47. The van der Waals surface area contributed by atoms with E-state index >= 15 is 0 Å². The lowest BCUT2D eigenvalue weighted by molar-refractivity contribution is 0.468. The van der Waals surface area contributed by atoms with Crippen LogP contribution in [0.5, 0.6) is 0 Å². The van der Waals surface area contributed by atoms with Crippen molar-refractivity contribution in [3.63, 3.8) is 0 Å². The van der Waals surface area contributed by atoms with Gasteiger partial charge in [0.15, 0.2) is 0 Å². The molecule has 2 heteroatoms.